The van der Waals surface area contributed by atoms with E-state index in [1.54, 1.807) is 18.2 Å². The molecule has 1 saturated carbocycles. The molecule has 1 aliphatic rings. The van der Waals surface area contributed by atoms with Crippen molar-refractivity contribution in [3.8, 4) is 0 Å². The molecule has 1 fully saturated rings. The van der Waals surface area contributed by atoms with Crippen molar-refractivity contribution in [3.05, 3.63) is 53.1 Å². The van der Waals surface area contributed by atoms with Gasteiger partial charge in [0.1, 0.15) is 4.88 Å². The molecule has 3 N–H and O–H groups in total. The van der Waals surface area contributed by atoms with Crippen LogP contribution < -0.4 is 10.6 Å². The molecule has 1 aromatic carbocycles. The van der Waals surface area contributed by atoms with Crippen LogP contribution in [-0.2, 0) is 4.79 Å². The van der Waals surface area contributed by atoms with Crippen molar-refractivity contribution in [2.24, 2.45) is 5.92 Å². The quantitative estimate of drug-likeness (QED) is 0.646. The molecule has 3 rings (SSSR count). The Balaban J connectivity index is 1.80. The number of aromatic nitrogens is 1. The Kier molecular flexibility index (Phi) is 5.09. The monoisotopic (exact) mass is 366 g/mol. The minimum absolute atomic E-state index is 0.0497. The molecule has 0 aliphatic heterocycles. The molecule has 0 atom stereocenters. The van der Waals surface area contributed by atoms with Crippen molar-refractivity contribution in [2.75, 3.05) is 10.6 Å². The van der Waals surface area contributed by atoms with Gasteiger partial charge in [-0.3, -0.25) is 9.59 Å². The summed E-state index contributed by atoms with van der Waals surface area (Å²) in [6.45, 7) is 7.49. The third kappa shape index (κ3) is 3.78. The zero-order chi connectivity index (χ0) is 18.7. The number of anilines is 2. The summed E-state index contributed by atoms with van der Waals surface area (Å²) in [4.78, 5) is 28.8. The number of carbonyl (C=O) groups is 2. The Morgan fingerprint density at radius 2 is 1.92 bits per heavy atom. The number of thiazole rings is 1. The van der Waals surface area contributed by atoms with Crippen LogP contribution in [0.25, 0.3) is 12.2 Å². The van der Waals surface area contributed by atoms with Crippen molar-refractivity contribution in [2.45, 2.75) is 12.8 Å². The first-order valence-electron chi connectivity index (χ1n) is 8.07. The van der Waals surface area contributed by atoms with E-state index in [2.05, 4.69) is 28.8 Å². The van der Waals surface area contributed by atoms with Gasteiger partial charge in [0.15, 0.2) is 5.13 Å². The Morgan fingerprint density at radius 3 is 2.54 bits per heavy atom. The smallest absolute Gasteiger partial charge is 0.267 e. The number of carbonyl (C=O) groups excluding carboxylic acids is 2. The lowest BCUT2D eigenvalue weighted by atomic mass is 10.0. The molecule has 26 heavy (non-hydrogen) atoms. The summed E-state index contributed by atoms with van der Waals surface area (Å²) >= 11 is 1.11. The highest BCUT2D eigenvalue weighted by Gasteiger charge is 2.30. The van der Waals surface area contributed by atoms with Gasteiger partial charge in [-0.25, -0.2) is 4.98 Å². The second-order valence-electron chi connectivity index (χ2n) is 5.87. The van der Waals surface area contributed by atoms with Crippen LogP contribution in [0.4, 0.5) is 10.8 Å². The molecule has 2 amide bonds. The van der Waals surface area contributed by atoms with Gasteiger partial charge in [0.25, 0.3) is 5.91 Å². The lowest BCUT2D eigenvalue weighted by molar-refractivity contribution is -0.117. The first-order valence-corrected chi connectivity index (χ1v) is 8.88. The Labute approximate surface area is 155 Å². The highest BCUT2D eigenvalue weighted by molar-refractivity contribution is 7.17. The summed E-state index contributed by atoms with van der Waals surface area (Å²) < 4.78 is 0. The van der Waals surface area contributed by atoms with Crippen LogP contribution in [-0.4, -0.2) is 23.0 Å². The zero-order valence-electron chi connectivity index (χ0n) is 14.0. The predicted octanol–water partition coefficient (Wildman–Crippen LogP) is 4.03. The molecule has 0 unspecified atom stereocenters. The molecule has 0 bridgehead atoms. The molecule has 132 valence electrons. The Bertz CT molecular complexity index is 883. The van der Waals surface area contributed by atoms with Gasteiger partial charge in [-0.1, -0.05) is 36.6 Å². The fourth-order valence-corrected chi connectivity index (χ4v) is 3.13. The van der Waals surface area contributed by atoms with Gasteiger partial charge < -0.3 is 16.0 Å². The summed E-state index contributed by atoms with van der Waals surface area (Å²) in [5.41, 5.74) is 2.58. The maximum absolute atomic E-state index is 12.6. The Hall–Kier alpha value is -3.06. The summed E-state index contributed by atoms with van der Waals surface area (Å²) in [6.07, 6.45) is 7.69. The van der Waals surface area contributed by atoms with E-state index in [-0.39, 0.29) is 17.7 Å². The van der Waals surface area contributed by atoms with Gasteiger partial charge >= 0.3 is 0 Å². The molecule has 1 aromatic heterocycles. The van der Waals surface area contributed by atoms with Crippen molar-refractivity contribution in [1.29, 1.82) is 5.41 Å². The highest BCUT2D eigenvalue weighted by atomic mass is 32.1. The molecule has 0 spiro atoms. The third-order valence-electron chi connectivity index (χ3n) is 3.98. The van der Waals surface area contributed by atoms with Crippen LogP contribution in [0, 0.1) is 11.3 Å². The third-order valence-corrected chi connectivity index (χ3v) is 4.89. The maximum Gasteiger partial charge on any atom is 0.267 e. The van der Waals surface area contributed by atoms with Crippen LogP contribution >= 0.6 is 11.3 Å². The van der Waals surface area contributed by atoms with E-state index >= 15 is 0 Å². The molecular weight excluding hydrogens is 348 g/mol. The van der Waals surface area contributed by atoms with Crippen LogP contribution in [0.2, 0.25) is 0 Å². The van der Waals surface area contributed by atoms with E-state index < -0.39 is 0 Å². The van der Waals surface area contributed by atoms with E-state index in [0.29, 0.717) is 26.8 Å². The molecular formula is C19H18N4O2S. The average molecular weight is 366 g/mol. The average Bonchev–Trinajstić information content (AvgIpc) is 3.41. The van der Waals surface area contributed by atoms with Gasteiger partial charge in [0.2, 0.25) is 5.91 Å². The van der Waals surface area contributed by atoms with Crippen molar-refractivity contribution >= 4 is 52.3 Å². The first kappa shape index (κ1) is 17.8. The second kappa shape index (κ2) is 7.45. The van der Waals surface area contributed by atoms with Crippen LogP contribution in [0.1, 0.15) is 39.2 Å². The molecule has 7 heteroatoms. The standard InChI is InChI=1S/C19H18N4O2S/c1-3-11-7-12(4-2)16(14(8-11)9-20)22-18(25)15-10-21-19(26-15)23-17(24)13-5-6-13/h3-4,7-10,13,20H,1-2,5-6H2,(H,22,25)(H,21,23,24). The lowest BCUT2D eigenvalue weighted by Gasteiger charge is -2.12. The van der Waals surface area contributed by atoms with E-state index in [0.717, 1.165) is 29.7 Å². The molecule has 0 radical (unpaired) electrons. The van der Waals surface area contributed by atoms with Crippen molar-refractivity contribution < 1.29 is 9.59 Å². The normalized spacial score (nSPS) is 12.9. The van der Waals surface area contributed by atoms with Gasteiger partial charge in [0.05, 0.1) is 11.9 Å². The van der Waals surface area contributed by atoms with Crippen LogP contribution in [0.3, 0.4) is 0 Å². The molecule has 0 saturated heterocycles. The van der Waals surface area contributed by atoms with E-state index in [4.69, 9.17) is 5.41 Å². The first-order chi connectivity index (χ1) is 12.5. The molecule has 2 aromatic rings. The van der Waals surface area contributed by atoms with Crippen molar-refractivity contribution in [1.82, 2.24) is 4.98 Å². The number of nitrogens with zero attached hydrogens (tertiary/aromatic N) is 1. The van der Waals surface area contributed by atoms with Gasteiger partial charge in [-0.05, 0) is 36.1 Å². The minimum atomic E-state index is -0.355. The second-order valence-corrected chi connectivity index (χ2v) is 6.90. The van der Waals surface area contributed by atoms with Gasteiger partial charge in [-0.2, -0.15) is 0 Å². The van der Waals surface area contributed by atoms with Crippen molar-refractivity contribution in [3.63, 3.8) is 0 Å². The number of benzene rings is 1. The van der Waals surface area contributed by atoms with E-state index in [1.807, 2.05) is 6.07 Å². The number of amides is 2. The van der Waals surface area contributed by atoms with Crippen LogP contribution in [0.15, 0.2) is 31.5 Å². The summed E-state index contributed by atoms with van der Waals surface area (Å²) in [7, 11) is 0. The molecule has 1 aliphatic carbocycles. The van der Waals surface area contributed by atoms with E-state index in [1.165, 1.54) is 12.4 Å². The minimum Gasteiger partial charge on any atom is -0.320 e. The van der Waals surface area contributed by atoms with Crippen LogP contribution in [0.5, 0.6) is 0 Å². The number of rotatable bonds is 7. The number of nitrogens with one attached hydrogen (secondary N) is 3. The number of hydrogen-bond acceptors (Lipinski definition) is 5. The fourth-order valence-electron chi connectivity index (χ4n) is 2.41. The summed E-state index contributed by atoms with van der Waals surface area (Å²) in [5.74, 6) is -0.330. The van der Waals surface area contributed by atoms with Gasteiger partial charge in [0, 0.05) is 17.7 Å². The highest BCUT2D eigenvalue weighted by Crippen LogP contribution is 2.31. The molecule has 6 nitrogen and oxygen atoms in total. The number of hydrogen-bond donors (Lipinski definition) is 3. The lowest BCUT2D eigenvalue weighted by Crippen LogP contribution is -2.13. The fraction of sp³-hybridized carbons (Fsp3) is 0.158. The van der Waals surface area contributed by atoms with Gasteiger partial charge in [-0.15, -0.1) is 0 Å². The zero-order valence-corrected chi connectivity index (χ0v) is 14.9. The largest absolute Gasteiger partial charge is 0.320 e. The van der Waals surface area contributed by atoms with E-state index in [9.17, 15) is 9.59 Å². The topological polar surface area (TPSA) is 94.9 Å². The summed E-state index contributed by atoms with van der Waals surface area (Å²) in [5, 5.41) is 13.6. The predicted molar refractivity (Wildman–Crippen MR) is 106 cm³/mol. The SMILES string of the molecule is C=Cc1cc(C=C)c(NC(=O)c2cnc(NC(=O)C3CC3)s2)c(C=N)c1. The molecule has 1 heterocycles. The Morgan fingerprint density at radius 1 is 1.19 bits per heavy atom. The maximum atomic E-state index is 12.6. The summed E-state index contributed by atoms with van der Waals surface area (Å²) in [6, 6.07) is 3.59.